The lowest BCUT2D eigenvalue weighted by Gasteiger charge is -2.39. The van der Waals surface area contributed by atoms with Crippen LogP contribution in [-0.4, -0.2) is 57.8 Å². The molecule has 2 aliphatic rings. The largest absolute Gasteiger partial charge is 0.508 e. The second-order valence-electron chi connectivity index (χ2n) is 14.2. The summed E-state index contributed by atoms with van der Waals surface area (Å²) >= 11 is 0. The van der Waals surface area contributed by atoms with E-state index >= 15 is 0 Å². The van der Waals surface area contributed by atoms with Crippen molar-refractivity contribution in [1.29, 1.82) is 0 Å². The van der Waals surface area contributed by atoms with Crippen LogP contribution in [0.15, 0.2) is 66.7 Å². The molecular formula is C40H51N5O5. The lowest BCUT2D eigenvalue weighted by Crippen LogP contribution is -2.61. The lowest BCUT2D eigenvalue weighted by molar-refractivity contribution is -0.144. The summed E-state index contributed by atoms with van der Waals surface area (Å²) < 4.78 is 0. The Hall–Kier alpha value is -4.70. The number of amides is 4. The van der Waals surface area contributed by atoms with Crippen LogP contribution in [0, 0.1) is 25.7 Å². The highest BCUT2D eigenvalue weighted by Gasteiger charge is 2.40. The first-order valence-electron chi connectivity index (χ1n) is 17.8. The van der Waals surface area contributed by atoms with Crippen LogP contribution >= 0.6 is 0 Å². The predicted molar refractivity (Wildman–Crippen MR) is 193 cm³/mol. The Morgan fingerprint density at radius 1 is 0.880 bits per heavy atom. The van der Waals surface area contributed by atoms with Gasteiger partial charge in [-0.3, -0.25) is 19.2 Å². The van der Waals surface area contributed by atoms with Gasteiger partial charge in [-0.15, -0.1) is 0 Å². The molecule has 0 spiro atoms. The molecule has 3 aromatic carbocycles. The molecule has 3 aromatic rings. The molecule has 10 heteroatoms. The maximum absolute atomic E-state index is 14.4. The van der Waals surface area contributed by atoms with Crippen molar-refractivity contribution in [1.82, 2.24) is 15.5 Å². The Kier molecular flexibility index (Phi) is 12.0. The summed E-state index contributed by atoms with van der Waals surface area (Å²) in [6, 6.07) is 16.6. The van der Waals surface area contributed by atoms with Gasteiger partial charge in [0.2, 0.25) is 23.6 Å². The number of hydrogen-bond donors (Lipinski definition) is 5. The van der Waals surface area contributed by atoms with Crippen molar-refractivity contribution in [2.75, 3.05) is 0 Å². The zero-order valence-electron chi connectivity index (χ0n) is 29.4. The van der Waals surface area contributed by atoms with Crippen molar-refractivity contribution in [3.8, 4) is 5.75 Å². The first kappa shape index (κ1) is 36.6. The van der Waals surface area contributed by atoms with E-state index in [2.05, 4.69) is 10.6 Å². The van der Waals surface area contributed by atoms with Crippen molar-refractivity contribution < 1.29 is 24.3 Å². The average molecular weight is 682 g/mol. The summed E-state index contributed by atoms with van der Waals surface area (Å²) in [5.74, 6) is -1.82. The maximum Gasteiger partial charge on any atom is 0.243 e. The predicted octanol–water partition coefficient (Wildman–Crippen LogP) is 3.75. The van der Waals surface area contributed by atoms with Crippen LogP contribution in [0.5, 0.6) is 5.75 Å². The maximum atomic E-state index is 14.4. The first-order chi connectivity index (χ1) is 23.9. The van der Waals surface area contributed by atoms with Crippen molar-refractivity contribution in [2.45, 2.75) is 103 Å². The number of fused-ring (bicyclic) bond motifs is 1. The van der Waals surface area contributed by atoms with Gasteiger partial charge >= 0.3 is 0 Å². The molecule has 266 valence electrons. The molecule has 7 N–H and O–H groups in total. The minimum atomic E-state index is -0.965. The molecule has 50 heavy (non-hydrogen) atoms. The van der Waals surface area contributed by atoms with Gasteiger partial charge in [0.15, 0.2) is 0 Å². The van der Waals surface area contributed by atoms with Gasteiger partial charge in [0.1, 0.15) is 23.9 Å². The number of carbonyl (C=O) groups is 4. The van der Waals surface area contributed by atoms with E-state index in [0.29, 0.717) is 0 Å². The number of phenols is 1. The van der Waals surface area contributed by atoms with Crippen molar-refractivity contribution in [3.05, 3.63) is 100 Å². The molecule has 0 aromatic heterocycles. The van der Waals surface area contributed by atoms with Gasteiger partial charge in [-0.1, -0.05) is 93.6 Å². The van der Waals surface area contributed by atoms with Crippen molar-refractivity contribution >= 4 is 23.6 Å². The number of benzene rings is 3. The Morgan fingerprint density at radius 2 is 1.50 bits per heavy atom. The van der Waals surface area contributed by atoms with Gasteiger partial charge in [-0.2, -0.15) is 0 Å². The normalized spacial score (nSPS) is 18.6. The van der Waals surface area contributed by atoms with Crippen LogP contribution in [0.1, 0.15) is 72.4 Å². The first-order valence-corrected chi connectivity index (χ1v) is 17.8. The number of nitrogens with zero attached hydrogens (tertiary/aromatic N) is 1. The third-order valence-electron chi connectivity index (χ3n) is 10.7. The van der Waals surface area contributed by atoms with E-state index in [1.54, 1.807) is 12.1 Å². The van der Waals surface area contributed by atoms with Crippen LogP contribution in [0.4, 0.5) is 0 Å². The van der Waals surface area contributed by atoms with Crippen LogP contribution < -0.4 is 22.1 Å². The van der Waals surface area contributed by atoms with Gasteiger partial charge in [0, 0.05) is 19.4 Å². The molecule has 1 aliphatic carbocycles. The minimum Gasteiger partial charge on any atom is -0.508 e. The standard InChI is InChI=1S/C40H51N5O5/c1-24-18-31(46)19-25(2)32(24)22-33(41)40(50)45-23-30-17-11-10-16-29(30)21-35(45)38(48)44-36(26(3)28-14-8-5-9-15-28)39(49)43-34(37(42)47)20-27-12-6-4-7-13-27/h4,6-7,10-13,16-19,26,28,33-36,46H,5,8-9,14-15,20-23,41H2,1-3H3,(H2,42,47)(H,43,49)(H,44,48)/t26-,33-,34-,35?,36+/m0/s1. The molecule has 0 radical (unpaired) electrons. The summed E-state index contributed by atoms with van der Waals surface area (Å²) in [4.78, 5) is 56.8. The zero-order chi connectivity index (χ0) is 35.9. The van der Waals surface area contributed by atoms with E-state index in [4.69, 9.17) is 11.5 Å². The molecule has 1 unspecified atom stereocenters. The van der Waals surface area contributed by atoms with Gasteiger partial charge in [-0.05, 0) is 77.6 Å². The molecular weight excluding hydrogens is 630 g/mol. The Morgan fingerprint density at radius 3 is 2.14 bits per heavy atom. The molecule has 0 saturated heterocycles. The Bertz CT molecular complexity index is 1670. The summed E-state index contributed by atoms with van der Waals surface area (Å²) in [7, 11) is 0. The van der Waals surface area contributed by atoms with Crippen molar-refractivity contribution in [3.63, 3.8) is 0 Å². The van der Waals surface area contributed by atoms with Crippen LogP contribution in [0.2, 0.25) is 0 Å². The monoisotopic (exact) mass is 681 g/mol. The number of aromatic hydroxyl groups is 1. The van der Waals surface area contributed by atoms with E-state index < -0.39 is 41.9 Å². The minimum absolute atomic E-state index is 0.149. The number of primary amides is 1. The average Bonchev–Trinajstić information content (AvgIpc) is 3.11. The highest BCUT2D eigenvalue weighted by molar-refractivity contribution is 5.95. The lowest BCUT2D eigenvalue weighted by atomic mass is 9.77. The van der Waals surface area contributed by atoms with Crippen LogP contribution in [0.3, 0.4) is 0 Å². The molecule has 4 amide bonds. The van der Waals surface area contributed by atoms with Crippen LogP contribution in [-0.2, 0) is 45.0 Å². The number of nitrogens with one attached hydrogen (secondary N) is 2. The smallest absolute Gasteiger partial charge is 0.243 e. The van der Waals surface area contributed by atoms with Gasteiger partial charge in [-0.25, -0.2) is 0 Å². The van der Waals surface area contributed by atoms with E-state index in [0.717, 1.165) is 65.5 Å². The molecule has 1 fully saturated rings. The highest BCUT2D eigenvalue weighted by atomic mass is 16.3. The van der Waals surface area contributed by atoms with E-state index in [-0.39, 0.29) is 49.3 Å². The third kappa shape index (κ3) is 8.71. The van der Waals surface area contributed by atoms with E-state index in [1.165, 1.54) is 4.90 Å². The quantitative estimate of drug-likeness (QED) is 0.195. The van der Waals surface area contributed by atoms with E-state index in [1.807, 2.05) is 75.4 Å². The summed E-state index contributed by atoms with van der Waals surface area (Å²) in [6.07, 6.45) is 5.84. The molecule has 10 nitrogen and oxygen atoms in total. The van der Waals surface area contributed by atoms with Crippen LogP contribution in [0.25, 0.3) is 0 Å². The SMILES string of the molecule is Cc1cc(O)cc(C)c1C[C@H](N)C(=O)N1Cc2ccccc2CC1C(=O)N[C@@H](C(=O)N[C@@H](Cc1ccccc1)C(N)=O)[C@@H](C)C1CCCCC1. The number of aryl methyl sites for hydroxylation is 2. The second-order valence-corrected chi connectivity index (χ2v) is 14.2. The summed E-state index contributed by atoms with van der Waals surface area (Å²) in [5, 5.41) is 15.9. The highest BCUT2D eigenvalue weighted by Crippen LogP contribution is 2.32. The fourth-order valence-electron chi connectivity index (χ4n) is 7.75. The van der Waals surface area contributed by atoms with Gasteiger partial charge < -0.3 is 32.1 Å². The number of hydrogen-bond acceptors (Lipinski definition) is 6. The Labute approximate surface area is 295 Å². The topological polar surface area (TPSA) is 168 Å². The molecule has 5 rings (SSSR count). The van der Waals surface area contributed by atoms with E-state index in [9.17, 15) is 24.3 Å². The molecule has 1 saturated carbocycles. The number of nitrogens with two attached hydrogens (primary N) is 2. The molecule has 0 bridgehead atoms. The summed E-state index contributed by atoms with van der Waals surface area (Å²) in [5.41, 5.74) is 17.6. The number of carbonyl (C=O) groups excluding carboxylic acids is 4. The molecule has 1 aliphatic heterocycles. The fourth-order valence-corrected chi connectivity index (χ4v) is 7.75. The molecule has 5 atom stereocenters. The zero-order valence-corrected chi connectivity index (χ0v) is 29.4. The summed E-state index contributed by atoms with van der Waals surface area (Å²) in [6.45, 7) is 5.92. The van der Waals surface area contributed by atoms with Gasteiger partial charge in [0.25, 0.3) is 0 Å². The third-order valence-corrected chi connectivity index (χ3v) is 10.7. The van der Waals surface area contributed by atoms with Crippen molar-refractivity contribution in [2.24, 2.45) is 23.3 Å². The Balaban J connectivity index is 1.41. The van der Waals surface area contributed by atoms with Gasteiger partial charge in [0.05, 0.1) is 6.04 Å². The second kappa shape index (κ2) is 16.3. The number of phenolic OH excluding ortho intramolecular Hbond substituents is 1. The fraction of sp³-hybridized carbons (Fsp3) is 0.450. The molecule has 1 heterocycles. The number of rotatable bonds is 12.